The molecule has 0 aliphatic heterocycles. The van der Waals surface area contributed by atoms with Crippen LogP contribution in [0.15, 0.2) is 391 Å². The molecule has 0 amide bonds. The van der Waals surface area contributed by atoms with Crippen LogP contribution in [-0.2, 0) is 0 Å². The maximum Gasteiger partial charge on any atom is 0.165 e. The van der Waals surface area contributed by atoms with Crippen molar-refractivity contribution in [1.82, 2.24) is 53.2 Å². The van der Waals surface area contributed by atoms with Crippen molar-refractivity contribution in [3.63, 3.8) is 0 Å². The number of fused-ring (bicyclic) bond motifs is 22. The Hall–Kier alpha value is -16.5. The molecule has 13 heteroatoms. The zero-order chi connectivity index (χ0) is 78.6. The lowest BCUT2D eigenvalue weighted by molar-refractivity contribution is 0.676. The van der Waals surface area contributed by atoms with E-state index in [4.69, 9.17) is 43.7 Å². The van der Waals surface area contributed by atoms with Crippen molar-refractivity contribution in [2.45, 2.75) is 0 Å². The first kappa shape index (κ1) is 66.9. The van der Waals surface area contributed by atoms with Gasteiger partial charge in [-0.15, -0.1) is 0 Å². The zero-order valence-electron chi connectivity index (χ0n) is 64.1. The highest BCUT2D eigenvalue weighted by Crippen LogP contribution is 2.49. The predicted molar refractivity (Wildman–Crippen MR) is 486 cm³/mol. The minimum Gasteiger partial charge on any atom is -0.455 e. The lowest BCUT2D eigenvalue weighted by Gasteiger charge is -2.14. The van der Waals surface area contributed by atoms with E-state index in [-0.39, 0.29) is 0 Å². The van der Waals surface area contributed by atoms with Gasteiger partial charge in [-0.2, -0.15) is 0 Å². The third-order valence-corrected chi connectivity index (χ3v) is 23.9. The second-order valence-corrected chi connectivity index (χ2v) is 30.6. The number of rotatable bonds is 12. The average molecular weight is 1530 g/mol. The monoisotopic (exact) mass is 1530 g/mol. The summed E-state index contributed by atoms with van der Waals surface area (Å²) in [4.78, 5) is 36.4. The maximum absolute atomic E-state index is 7.30. The first-order chi connectivity index (χ1) is 59.5. The molecule has 13 nitrogen and oxygen atoms in total. The molecule has 0 bridgehead atoms. The molecule has 0 radical (unpaired) electrons. The fourth-order valence-electron chi connectivity index (χ4n) is 18.5. The van der Waals surface area contributed by atoms with E-state index in [9.17, 15) is 0 Å². The molecule has 25 rings (SSSR count). The molecule has 16 aromatic carbocycles. The van der Waals surface area contributed by atoms with E-state index in [2.05, 4.69) is 334 Å². The average Bonchev–Trinajstić information content (AvgIpc) is 1.54. The Bertz CT molecular complexity index is 8500. The van der Waals surface area contributed by atoms with Crippen molar-refractivity contribution < 1.29 is 8.83 Å². The van der Waals surface area contributed by atoms with Gasteiger partial charge in [-0.1, -0.05) is 255 Å². The number of pyridine rings is 1. The van der Waals surface area contributed by atoms with Crippen molar-refractivity contribution in [1.29, 1.82) is 0 Å². The van der Waals surface area contributed by atoms with Gasteiger partial charge in [-0.05, 0) is 138 Å². The Morgan fingerprint density at radius 2 is 0.508 bits per heavy atom. The number of nitrogens with zero attached hydrogens (tertiary/aromatic N) is 11. The van der Waals surface area contributed by atoms with E-state index in [0.717, 1.165) is 210 Å². The van der Waals surface area contributed by atoms with E-state index in [1.807, 2.05) is 66.9 Å². The molecule has 9 heterocycles. The number of hydrogen-bond donors (Lipinski definition) is 0. The molecule has 558 valence electrons. The van der Waals surface area contributed by atoms with Gasteiger partial charge in [0.2, 0.25) is 0 Å². The van der Waals surface area contributed by atoms with Crippen LogP contribution in [0.4, 0.5) is 0 Å². The van der Waals surface area contributed by atoms with Gasteiger partial charge in [0.1, 0.15) is 28.1 Å². The van der Waals surface area contributed by atoms with Crippen LogP contribution < -0.4 is 0 Å². The number of aromatic nitrogens is 11. The van der Waals surface area contributed by atoms with Crippen LogP contribution in [0.5, 0.6) is 0 Å². The van der Waals surface area contributed by atoms with Gasteiger partial charge in [0.25, 0.3) is 0 Å². The van der Waals surface area contributed by atoms with E-state index >= 15 is 0 Å². The molecule has 0 aliphatic carbocycles. The summed E-state index contributed by atoms with van der Waals surface area (Å²) in [6, 6.07) is 132. The summed E-state index contributed by atoms with van der Waals surface area (Å²) in [7, 11) is 0. The molecule has 25 aromatic rings. The zero-order valence-corrected chi connectivity index (χ0v) is 64.1. The summed E-state index contributed by atoms with van der Waals surface area (Å²) in [6.07, 6.45) is 1.86. The van der Waals surface area contributed by atoms with Crippen LogP contribution in [0.1, 0.15) is 0 Å². The topological polar surface area (TPSA) is 136 Å². The van der Waals surface area contributed by atoms with Crippen LogP contribution >= 0.6 is 0 Å². The van der Waals surface area contributed by atoms with Gasteiger partial charge in [0, 0.05) is 99.6 Å². The summed E-state index contributed by atoms with van der Waals surface area (Å²) >= 11 is 0. The molecule has 0 aliphatic rings. The molecule has 0 spiro atoms. The van der Waals surface area contributed by atoms with E-state index in [1.165, 1.54) is 0 Å². The summed E-state index contributed by atoms with van der Waals surface area (Å²) in [6.45, 7) is 0. The molecule has 0 atom stereocenters. The first-order valence-corrected chi connectivity index (χ1v) is 40.3. The highest BCUT2D eigenvalue weighted by Gasteiger charge is 2.28. The third kappa shape index (κ3) is 10.4. The molecule has 120 heavy (non-hydrogen) atoms. The minimum absolute atomic E-state index is 0.502. The van der Waals surface area contributed by atoms with Crippen molar-refractivity contribution in [2.24, 2.45) is 0 Å². The second-order valence-electron chi connectivity index (χ2n) is 30.6. The highest BCUT2D eigenvalue weighted by molar-refractivity contribution is 6.31. The summed E-state index contributed by atoms with van der Waals surface area (Å²) in [5.41, 5.74) is 24.5. The minimum atomic E-state index is 0.502. The van der Waals surface area contributed by atoms with Gasteiger partial charge >= 0.3 is 0 Å². The van der Waals surface area contributed by atoms with Crippen molar-refractivity contribution in [3.8, 4) is 113 Å². The van der Waals surface area contributed by atoms with Crippen molar-refractivity contribution in [2.75, 3.05) is 0 Å². The number of furan rings is 2. The van der Waals surface area contributed by atoms with Crippen molar-refractivity contribution in [3.05, 3.63) is 382 Å². The predicted octanol–water partition coefficient (Wildman–Crippen LogP) is 27.0. The van der Waals surface area contributed by atoms with Gasteiger partial charge in [0.05, 0.1) is 71.4 Å². The molecule has 0 unspecified atom stereocenters. The Kier molecular flexibility index (Phi) is 14.8. The fourth-order valence-corrected chi connectivity index (χ4v) is 18.5. The lowest BCUT2D eigenvalue weighted by Crippen LogP contribution is -2.01. The second kappa shape index (κ2) is 26.5. The Morgan fingerprint density at radius 1 is 0.192 bits per heavy atom. The van der Waals surface area contributed by atoms with E-state index in [0.29, 0.717) is 34.9 Å². The van der Waals surface area contributed by atoms with Crippen LogP contribution in [0.2, 0.25) is 0 Å². The van der Waals surface area contributed by atoms with Gasteiger partial charge in [-0.25, -0.2) is 34.9 Å². The molecule has 0 saturated carbocycles. The van der Waals surface area contributed by atoms with Crippen molar-refractivity contribution >= 4 is 131 Å². The van der Waals surface area contributed by atoms with Gasteiger partial charge < -0.3 is 22.5 Å². The van der Waals surface area contributed by atoms with Crippen LogP contribution in [0.25, 0.3) is 245 Å². The molecule has 9 aromatic heterocycles. The molecule has 0 fully saturated rings. The maximum atomic E-state index is 7.30. The normalized spacial score (nSPS) is 12.0. The van der Waals surface area contributed by atoms with Gasteiger partial charge in [0.15, 0.2) is 34.9 Å². The highest BCUT2D eigenvalue weighted by atomic mass is 16.3. The Morgan fingerprint density at radius 3 is 0.950 bits per heavy atom. The Balaban J connectivity index is 0.533. The van der Waals surface area contributed by atoms with Gasteiger partial charge in [-0.3, -0.25) is 4.57 Å². The summed E-state index contributed by atoms with van der Waals surface area (Å²) in [5, 5.41) is 13.1. The summed E-state index contributed by atoms with van der Waals surface area (Å²) in [5.74, 6) is 4.03. The number of para-hydroxylation sites is 7. The van der Waals surface area contributed by atoms with Crippen LogP contribution in [-0.4, -0.2) is 53.2 Å². The first-order valence-electron chi connectivity index (χ1n) is 40.3. The summed E-state index contributed by atoms with van der Waals surface area (Å²) < 4.78 is 23.8. The molecule has 0 saturated heterocycles. The molecular weight excluding hydrogens is 1470 g/mol. The van der Waals surface area contributed by atoms with Crippen LogP contribution in [0.3, 0.4) is 0 Å². The quantitative estimate of drug-likeness (QED) is 0.117. The third-order valence-electron chi connectivity index (χ3n) is 23.9. The largest absolute Gasteiger partial charge is 0.455 e. The standard InChI is InChI=1S/C107H63N11O2/c1-5-24-66(25-6-1)102-109-104(69-50-46-65(47-51-69)75-34-13-18-39-84(75)117-87-42-21-16-37-82(87)96-91(117)59-55-78-76-53-57-89-94(98(76)119-100(78)96)80-35-14-19-40-85(80)115(89)73-30-9-3-10-31-73)112-106(111-102)71-29-23-28-70(62-71)64-44-48-68(49-45-64)105-110-103(67-26-7-2-8-27-67)113-107(114-105)72-52-61-93(108-63-72)118-88-43-22-17-38-83(88)97-92(118)60-56-79-77-54-58-90-95(99(77)120-101(79)97)81-36-15-20-41-86(81)116(90)74-32-11-4-12-33-74/h1-63H. The lowest BCUT2D eigenvalue weighted by atomic mass is 10.0. The number of hydrogen-bond acceptors (Lipinski definition) is 9. The van der Waals surface area contributed by atoms with E-state index < -0.39 is 0 Å². The molecule has 0 N–H and O–H groups in total. The molecular formula is C107H63N11O2. The SMILES string of the molecule is c1ccc(-c2nc(-c3ccc(-c4cccc(-c5nc(-c6ccccc6)nc(-c6ccc(-c7ccccc7-n7c8ccccc8c8c9oc%10c(ccc%11c%10c%10ccccc%10n%11-c%10ccccc%10)c9ccc87)cc6)n5)c4)cc3)nc(-c3ccc(-n4c5ccccc5c5c6oc7c(ccc8c7c7ccccc7n8-c7ccccc7)c6ccc54)nc3)n2)cc1. The van der Waals surface area contributed by atoms with Crippen LogP contribution in [0, 0.1) is 0 Å². The smallest absolute Gasteiger partial charge is 0.165 e. The Labute approximate surface area is 684 Å². The van der Waals surface area contributed by atoms with E-state index in [1.54, 1.807) is 0 Å². The number of benzene rings is 16. The fraction of sp³-hybridized carbons (Fsp3) is 0.